The van der Waals surface area contributed by atoms with Gasteiger partial charge in [0.1, 0.15) is 22.6 Å². The van der Waals surface area contributed by atoms with Crippen molar-refractivity contribution in [2.75, 3.05) is 18.4 Å². The number of fused-ring (bicyclic) bond motifs is 1. The standard InChI is InChI=1S/C26H23ClN6O4/c1-13-6-18(15(3)30-20-4-5-22(27)31-21(20)8-28)25-19(7-13)23(34)14(2)24(37-25)16-9-29-33(10-16)17-11-32(12-17)26(35)36/h4-7,9-10,15,17,30H,11-12H2,1-3H3,(H,35,36)/t15-/m1/s1. The van der Waals surface area contributed by atoms with Crippen molar-refractivity contribution in [1.82, 2.24) is 19.7 Å². The van der Waals surface area contributed by atoms with Gasteiger partial charge in [0, 0.05) is 30.4 Å². The molecule has 4 heterocycles. The van der Waals surface area contributed by atoms with Crippen LogP contribution < -0.4 is 10.7 Å². The molecular formula is C26H23ClN6O4. The van der Waals surface area contributed by atoms with Gasteiger partial charge in [-0.2, -0.15) is 10.4 Å². The van der Waals surface area contributed by atoms with Crippen molar-refractivity contribution in [2.45, 2.75) is 32.9 Å². The Bertz CT molecular complexity index is 1650. The lowest BCUT2D eigenvalue weighted by Gasteiger charge is -2.36. The molecule has 37 heavy (non-hydrogen) atoms. The highest BCUT2D eigenvalue weighted by Crippen LogP contribution is 2.33. The molecule has 0 spiro atoms. The Morgan fingerprint density at radius 1 is 1.32 bits per heavy atom. The normalized spacial score (nSPS) is 14.3. The number of nitrogens with one attached hydrogen (secondary N) is 1. The third kappa shape index (κ3) is 4.38. The number of halogens is 1. The molecule has 4 aromatic rings. The van der Waals surface area contributed by atoms with Crippen LogP contribution >= 0.6 is 11.6 Å². The number of anilines is 1. The van der Waals surface area contributed by atoms with Crippen LogP contribution in [0.5, 0.6) is 0 Å². The first-order valence-electron chi connectivity index (χ1n) is 11.6. The molecule has 1 atom stereocenters. The summed E-state index contributed by atoms with van der Waals surface area (Å²) >= 11 is 5.94. The van der Waals surface area contributed by atoms with Gasteiger partial charge in [-0.1, -0.05) is 17.7 Å². The molecule has 1 aromatic carbocycles. The number of pyridine rings is 1. The Balaban J connectivity index is 1.55. The molecule has 11 heteroatoms. The van der Waals surface area contributed by atoms with Crippen molar-refractivity contribution in [1.29, 1.82) is 5.26 Å². The fourth-order valence-electron chi connectivity index (χ4n) is 4.55. The van der Waals surface area contributed by atoms with E-state index in [0.29, 0.717) is 46.6 Å². The second-order valence-corrected chi connectivity index (χ2v) is 9.56. The van der Waals surface area contributed by atoms with Crippen LogP contribution in [0, 0.1) is 25.2 Å². The Morgan fingerprint density at radius 2 is 2.08 bits per heavy atom. The maximum absolute atomic E-state index is 13.4. The summed E-state index contributed by atoms with van der Waals surface area (Å²) in [6, 6.07) is 8.67. The SMILES string of the molecule is Cc1cc([C@@H](C)Nc2ccc(Cl)nc2C#N)c2oc(-c3cnn(C4CN(C(=O)O)C4)c3)c(C)c(=O)c2c1. The molecule has 1 fully saturated rings. The second-order valence-electron chi connectivity index (χ2n) is 9.17. The average molecular weight is 519 g/mol. The minimum Gasteiger partial charge on any atom is -0.465 e. The number of likely N-dealkylation sites (tertiary alicyclic amines) is 1. The van der Waals surface area contributed by atoms with Gasteiger partial charge in [0.15, 0.2) is 11.1 Å². The van der Waals surface area contributed by atoms with E-state index in [1.54, 1.807) is 42.2 Å². The number of aryl methyl sites for hydroxylation is 1. The first-order chi connectivity index (χ1) is 17.7. The maximum atomic E-state index is 13.4. The van der Waals surface area contributed by atoms with Crippen LogP contribution in [-0.4, -0.2) is 44.0 Å². The van der Waals surface area contributed by atoms with Gasteiger partial charge in [-0.05, 0) is 44.5 Å². The van der Waals surface area contributed by atoms with Gasteiger partial charge < -0.3 is 19.7 Å². The van der Waals surface area contributed by atoms with Crippen LogP contribution in [0.15, 0.2) is 45.9 Å². The van der Waals surface area contributed by atoms with Gasteiger partial charge in [0.05, 0.1) is 34.9 Å². The Kier molecular flexibility index (Phi) is 6.09. The number of hydrogen-bond acceptors (Lipinski definition) is 7. The fraction of sp³-hybridized carbons (Fsp3) is 0.269. The van der Waals surface area contributed by atoms with E-state index in [1.807, 2.05) is 26.0 Å². The minimum absolute atomic E-state index is 0.0675. The number of nitrogens with zero attached hydrogens (tertiary/aromatic N) is 5. The van der Waals surface area contributed by atoms with Gasteiger partial charge in [0.25, 0.3) is 0 Å². The molecule has 3 aromatic heterocycles. The van der Waals surface area contributed by atoms with Crippen LogP contribution in [0.4, 0.5) is 10.5 Å². The molecule has 1 amide bonds. The molecule has 1 saturated heterocycles. The van der Waals surface area contributed by atoms with E-state index in [4.69, 9.17) is 21.1 Å². The molecule has 0 radical (unpaired) electrons. The zero-order valence-electron chi connectivity index (χ0n) is 20.3. The highest BCUT2D eigenvalue weighted by Gasteiger charge is 2.32. The zero-order chi connectivity index (χ0) is 26.4. The Morgan fingerprint density at radius 3 is 2.78 bits per heavy atom. The van der Waals surface area contributed by atoms with E-state index < -0.39 is 6.09 Å². The van der Waals surface area contributed by atoms with Gasteiger partial charge in [-0.3, -0.25) is 9.48 Å². The minimum atomic E-state index is -0.957. The molecule has 5 rings (SSSR count). The lowest BCUT2D eigenvalue weighted by atomic mass is 9.99. The topological polar surface area (TPSA) is 137 Å². The van der Waals surface area contributed by atoms with Crippen LogP contribution in [0.3, 0.4) is 0 Å². The highest BCUT2D eigenvalue weighted by atomic mass is 35.5. The number of carboxylic acid groups (broad SMARTS) is 1. The summed E-state index contributed by atoms with van der Waals surface area (Å²) in [7, 11) is 0. The fourth-order valence-corrected chi connectivity index (χ4v) is 4.69. The molecule has 1 aliphatic rings. The van der Waals surface area contributed by atoms with Crippen molar-refractivity contribution < 1.29 is 14.3 Å². The van der Waals surface area contributed by atoms with Crippen LogP contribution in [0.2, 0.25) is 5.15 Å². The van der Waals surface area contributed by atoms with Crippen molar-refractivity contribution in [3.05, 3.63) is 74.4 Å². The number of amides is 1. The van der Waals surface area contributed by atoms with Gasteiger partial charge >= 0.3 is 6.09 Å². The van der Waals surface area contributed by atoms with Crippen LogP contribution in [-0.2, 0) is 0 Å². The number of hydrogen-bond donors (Lipinski definition) is 2. The summed E-state index contributed by atoms with van der Waals surface area (Å²) in [5.41, 5.74) is 3.70. The molecule has 0 unspecified atom stereocenters. The summed E-state index contributed by atoms with van der Waals surface area (Å²) in [5.74, 6) is 0.404. The summed E-state index contributed by atoms with van der Waals surface area (Å²) in [5, 5.41) is 26.9. The van der Waals surface area contributed by atoms with Crippen LogP contribution in [0.1, 0.15) is 41.4 Å². The summed E-state index contributed by atoms with van der Waals surface area (Å²) in [6.07, 6.45) is 2.44. The number of carbonyl (C=O) groups is 1. The zero-order valence-corrected chi connectivity index (χ0v) is 21.1. The van der Waals surface area contributed by atoms with Crippen molar-refractivity contribution in [3.63, 3.8) is 0 Å². The monoisotopic (exact) mass is 518 g/mol. The average Bonchev–Trinajstić information content (AvgIpc) is 3.30. The molecular weight excluding hydrogens is 496 g/mol. The highest BCUT2D eigenvalue weighted by molar-refractivity contribution is 6.29. The molecule has 0 bridgehead atoms. The van der Waals surface area contributed by atoms with E-state index in [9.17, 15) is 14.9 Å². The molecule has 188 valence electrons. The summed E-state index contributed by atoms with van der Waals surface area (Å²) in [4.78, 5) is 29.9. The van der Waals surface area contributed by atoms with Gasteiger partial charge in [-0.15, -0.1) is 0 Å². The molecule has 0 aliphatic carbocycles. The summed E-state index contributed by atoms with van der Waals surface area (Å²) in [6.45, 7) is 6.25. The quantitative estimate of drug-likeness (QED) is 0.356. The molecule has 10 nitrogen and oxygen atoms in total. The lowest BCUT2D eigenvalue weighted by molar-refractivity contribution is 0.0812. The molecule has 1 aliphatic heterocycles. The van der Waals surface area contributed by atoms with E-state index in [0.717, 1.165) is 11.1 Å². The number of nitriles is 1. The Hall–Kier alpha value is -4.36. The number of rotatable bonds is 5. The smallest absolute Gasteiger partial charge is 0.407 e. The second kappa shape index (κ2) is 9.26. The van der Waals surface area contributed by atoms with Crippen molar-refractivity contribution >= 4 is 34.4 Å². The number of benzene rings is 1. The predicted molar refractivity (Wildman–Crippen MR) is 138 cm³/mol. The van der Waals surface area contributed by atoms with E-state index in [-0.39, 0.29) is 28.4 Å². The number of aromatic nitrogens is 3. The van der Waals surface area contributed by atoms with E-state index in [2.05, 4.69) is 15.4 Å². The lowest BCUT2D eigenvalue weighted by Crippen LogP contribution is -2.50. The Labute approximate surface area is 216 Å². The predicted octanol–water partition coefficient (Wildman–Crippen LogP) is 4.90. The van der Waals surface area contributed by atoms with Crippen LogP contribution in [0.25, 0.3) is 22.3 Å². The van der Waals surface area contributed by atoms with Gasteiger partial charge in [-0.25, -0.2) is 9.78 Å². The van der Waals surface area contributed by atoms with Crippen molar-refractivity contribution in [3.8, 4) is 17.4 Å². The first kappa shape index (κ1) is 24.3. The van der Waals surface area contributed by atoms with Gasteiger partial charge in [0.2, 0.25) is 0 Å². The third-order valence-electron chi connectivity index (χ3n) is 6.57. The largest absolute Gasteiger partial charge is 0.465 e. The van der Waals surface area contributed by atoms with Crippen molar-refractivity contribution in [2.24, 2.45) is 0 Å². The molecule has 0 saturated carbocycles. The van der Waals surface area contributed by atoms with E-state index >= 15 is 0 Å². The maximum Gasteiger partial charge on any atom is 0.407 e. The molecule has 2 N–H and O–H groups in total. The van der Waals surface area contributed by atoms with E-state index in [1.165, 1.54) is 4.90 Å². The summed E-state index contributed by atoms with van der Waals surface area (Å²) < 4.78 is 8.09. The third-order valence-corrected chi connectivity index (χ3v) is 6.78. The first-order valence-corrected chi connectivity index (χ1v) is 12.0.